The lowest BCUT2D eigenvalue weighted by Crippen LogP contribution is -2.28. The summed E-state index contributed by atoms with van der Waals surface area (Å²) in [6.45, 7) is 2.92. The Morgan fingerprint density at radius 1 is 1.28 bits per heavy atom. The van der Waals surface area contributed by atoms with Crippen molar-refractivity contribution in [2.24, 2.45) is 5.92 Å². The average molecular weight is 250 g/mol. The molecule has 1 aromatic carbocycles. The van der Waals surface area contributed by atoms with Gasteiger partial charge in [-0.15, -0.1) is 0 Å². The SMILES string of the molecule is CC1CCCC(NCc2ccc(N)cc2F)CC1. The van der Waals surface area contributed by atoms with Crippen LogP contribution in [0.1, 0.15) is 44.6 Å². The summed E-state index contributed by atoms with van der Waals surface area (Å²) in [4.78, 5) is 0. The van der Waals surface area contributed by atoms with Gasteiger partial charge >= 0.3 is 0 Å². The maximum atomic E-state index is 13.6. The fourth-order valence-electron chi connectivity index (χ4n) is 2.65. The van der Waals surface area contributed by atoms with Crippen molar-refractivity contribution in [3.63, 3.8) is 0 Å². The smallest absolute Gasteiger partial charge is 0.129 e. The highest BCUT2D eigenvalue weighted by molar-refractivity contribution is 5.40. The van der Waals surface area contributed by atoms with Gasteiger partial charge in [-0.3, -0.25) is 0 Å². The second-order valence-corrected chi connectivity index (χ2v) is 5.54. The van der Waals surface area contributed by atoms with E-state index in [0.717, 1.165) is 5.92 Å². The van der Waals surface area contributed by atoms with Crippen molar-refractivity contribution in [2.45, 2.75) is 51.6 Å². The first-order chi connectivity index (χ1) is 8.65. The topological polar surface area (TPSA) is 38.0 Å². The number of benzene rings is 1. The second kappa shape index (κ2) is 6.19. The number of hydrogen-bond acceptors (Lipinski definition) is 2. The molecule has 1 aliphatic rings. The Morgan fingerprint density at radius 2 is 2.11 bits per heavy atom. The van der Waals surface area contributed by atoms with Gasteiger partial charge in [-0.1, -0.05) is 25.8 Å². The molecule has 0 spiro atoms. The van der Waals surface area contributed by atoms with Crippen LogP contribution in [0, 0.1) is 11.7 Å². The van der Waals surface area contributed by atoms with Crippen molar-refractivity contribution in [3.8, 4) is 0 Å². The molecule has 18 heavy (non-hydrogen) atoms. The maximum Gasteiger partial charge on any atom is 0.129 e. The summed E-state index contributed by atoms with van der Waals surface area (Å²) in [5, 5.41) is 3.48. The molecule has 3 heteroatoms. The van der Waals surface area contributed by atoms with E-state index >= 15 is 0 Å². The molecule has 2 nitrogen and oxygen atoms in total. The zero-order valence-electron chi connectivity index (χ0n) is 11.1. The van der Waals surface area contributed by atoms with Crippen molar-refractivity contribution >= 4 is 5.69 Å². The first-order valence-corrected chi connectivity index (χ1v) is 6.92. The van der Waals surface area contributed by atoms with Crippen LogP contribution in [0.5, 0.6) is 0 Å². The van der Waals surface area contributed by atoms with Crippen LogP contribution in [-0.2, 0) is 6.54 Å². The molecule has 1 fully saturated rings. The van der Waals surface area contributed by atoms with Gasteiger partial charge in [-0.25, -0.2) is 4.39 Å². The van der Waals surface area contributed by atoms with Crippen LogP contribution in [0.15, 0.2) is 18.2 Å². The van der Waals surface area contributed by atoms with E-state index in [1.54, 1.807) is 12.1 Å². The first kappa shape index (κ1) is 13.3. The molecule has 0 saturated heterocycles. The Morgan fingerprint density at radius 3 is 2.89 bits per heavy atom. The van der Waals surface area contributed by atoms with E-state index in [1.165, 1.54) is 38.2 Å². The van der Waals surface area contributed by atoms with Crippen molar-refractivity contribution in [3.05, 3.63) is 29.6 Å². The minimum atomic E-state index is -0.204. The summed E-state index contributed by atoms with van der Waals surface area (Å²) in [7, 11) is 0. The fraction of sp³-hybridized carbons (Fsp3) is 0.600. The van der Waals surface area contributed by atoms with Gasteiger partial charge in [0.15, 0.2) is 0 Å². The first-order valence-electron chi connectivity index (χ1n) is 6.92. The van der Waals surface area contributed by atoms with Crippen molar-refractivity contribution in [1.29, 1.82) is 0 Å². The molecule has 0 heterocycles. The molecule has 100 valence electrons. The molecule has 1 saturated carbocycles. The highest BCUT2D eigenvalue weighted by Gasteiger charge is 2.16. The lowest BCUT2D eigenvalue weighted by Gasteiger charge is -2.16. The van der Waals surface area contributed by atoms with Crippen LogP contribution in [0.2, 0.25) is 0 Å². The maximum absolute atomic E-state index is 13.6. The fourth-order valence-corrected chi connectivity index (χ4v) is 2.65. The molecule has 3 N–H and O–H groups in total. The number of rotatable bonds is 3. The molecular weight excluding hydrogens is 227 g/mol. The summed E-state index contributed by atoms with van der Waals surface area (Å²) in [6.07, 6.45) is 6.30. The Balaban J connectivity index is 1.87. The van der Waals surface area contributed by atoms with Crippen LogP contribution in [0.3, 0.4) is 0 Å². The van der Waals surface area contributed by atoms with E-state index in [-0.39, 0.29) is 5.82 Å². The molecule has 2 atom stereocenters. The Kier molecular flexibility index (Phi) is 4.59. The predicted octanol–water partition coefficient (Wildman–Crippen LogP) is 3.47. The molecule has 2 rings (SSSR count). The van der Waals surface area contributed by atoms with Gasteiger partial charge in [0.25, 0.3) is 0 Å². The summed E-state index contributed by atoms with van der Waals surface area (Å²) in [6, 6.07) is 5.46. The van der Waals surface area contributed by atoms with Crippen molar-refractivity contribution in [1.82, 2.24) is 5.32 Å². The van der Waals surface area contributed by atoms with E-state index in [0.29, 0.717) is 23.8 Å². The normalized spacial score (nSPS) is 24.8. The minimum Gasteiger partial charge on any atom is -0.399 e. The zero-order chi connectivity index (χ0) is 13.0. The van der Waals surface area contributed by atoms with E-state index < -0.39 is 0 Å². The van der Waals surface area contributed by atoms with Crippen LogP contribution in [0.25, 0.3) is 0 Å². The third kappa shape index (κ3) is 3.70. The van der Waals surface area contributed by atoms with Gasteiger partial charge in [0.1, 0.15) is 5.82 Å². The molecule has 0 aromatic heterocycles. The largest absolute Gasteiger partial charge is 0.399 e. The highest BCUT2D eigenvalue weighted by atomic mass is 19.1. The van der Waals surface area contributed by atoms with Gasteiger partial charge in [-0.2, -0.15) is 0 Å². The van der Waals surface area contributed by atoms with Crippen LogP contribution >= 0.6 is 0 Å². The van der Waals surface area contributed by atoms with Crippen LogP contribution < -0.4 is 11.1 Å². The Hall–Kier alpha value is -1.09. The third-order valence-corrected chi connectivity index (χ3v) is 3.92. The summed E-state index contributed by atoms with van der Waals surface area (Å²) in [5.74, 6) is 0.634. The van der Waals surface area contributed by atoms with Crippen molar-refractivity contribution < 1.29 is 4.39 Å². The molecule has 1 aliphatic carbocycles. The molecule has 1 aromatic rings. The van der Waals surface area contributed by atoms with E-state index in [1.807, 2.05) is 0 Å². The van der Waals surface area contributed by atoms with E-state index in [4.69, 9.17) is 5.73 Å². The second-order valence-electron chi connectivity index (χ2n) is 5.54. The van der Waals surface area contributed by atoms with Crippen molar-refractivity contribution in [2.75, 3.05) is 5.73 Å². The Labute approximate surface area is 109 Å². The summed E-state index contributed by atoms with van der Waals surface area (Å²) >= 11 is 0. The number of anilines is 1. The van der Waals surface area contributed by atoms with Gasteiger partial charge in [0.05, 0.1) is 0 Å². The monoisotopic (exact) mass is 250 g/mol. The van der Waals surface area contributed by atoms with Gasteiger partial charge in [0.2, 0.25) is 0 Å². The molecule has 0 amide bonds. The number of nitrogens with two attached hydrogens (primary N) is 1. The molecule has 2 unspecified atom stereocenters. The summed E-state index contributed by atoms with van der Waals surface area (Å²) < 4.78 is 13.6. The molecule has 0 aliphatic heterocycles. The number of nitrogen functional groups attached to an aromatic ring is 1. The number of hydrogen-bond donors (Lipinski definition) is 2. The zero-order valence-corrected chi connectivity index (χ0v) is 11.1. The third-order valence-electron chi connectivity index (χ3n) is 3.92. The predicted molar refractivity (Wildman–Crippen MR) is 73.7 cm³/mol. The summed E-state index contributed by atoms with van der Waals surface area (Å²) in [5.41, 5.74) is 6.74. The number of nitrogens with one attached hydrogen (secondary N) is 1. The van der Waals surface area contributed by atoms with Crippen LogP contribution in [-0.4, -0.2) is 6.04 Å². The van der Waals surface area contributed by atoms with Gasteiger partial charge in [-0.05, 0) is 37.3 Å². The Bertz CT molecular complexity index is 392. The lowest BCUT2D eigenvalue weighted by atomic mass is 10.0. The minimum absolute atomic E-state index is 0.204. The van der Waals surface area contributed by atoms with E-state index in [9.17, 15) is 4.39 Å². The molecular formula is C15H23FN2. The molecule has 0 radical (unpaired) electrons. The quantitative estimate of drug-likeness (QED) is 0.637. The number of halogens is 1. The van der Waals surface area contributed by atoms with Gasteiger partial charge < -0.3 is 11.1 Å². The standard InChI is InChI=1S/C15H23FN2/c1-11-3-2-4-14(8-5-11)18-10-12-6-7-13(17)9-15(12)16/h6-7,9,11,14,18H,2-5,8,10,17H2,1H3. The van der Waals surface area contributed by atoms with Crippen LogP contribution in [0.4, 0.5) is 10.1 Å². The average Bonchev–Trinajstić information content (AvgIpc) is 2.53. The highest BCUT2D eigenvalue weighted by Crippen LogP contribution is 2.23. The lowest BCUT2D eigenvalue weighted by molar-refractivity contribution is 0.442. The van der Waals surface area contributed by atoms with E-state index in [2.05, 4.69) is 12.2 Å². The molecule has 0 bridgehead atoms. The van der Waals surface area contributed by atoms with Gasteiger partial charge in [0, 0.05) is 23.8 Å².